The van der Waals surface area contributed by atoms with Gasteiger partial charge in [0.05, 0.1) is 6.10 Å². The number of nitrogens with one attached hydrogen (secondary N) is 1. The Bertz CT molecular complexity index is 187. The highest BCUT2D eigenvalue weighted by molar-refractivity contribution is 6.17. The fraction of sp³-hybridized carbons (Fsp3) is 0.900. The molecular formula is C10H18ClNO2. The lowest BCUT2D eigenvalue weighted by molar-refractivity contribution is -0.122. The first-order chi connectivity index (χ1) is 6.72. The highest BCUT2D eigenvalue weighted by Gasteiger charge is 2.20. The van der Waals surface area contributed by atoms with Crippen molar-refractivity contribution in [1.29, 1.82) is 0 Å². The monoisotopic (exact) mass is 219 g/mol. The summed E-state index contributed by atoms with van der Waals surface area (Å²) in [5.41, 5.74) is 0. The molecule has 82 valence electrons. The Balaban J connectivity index is 2.18. The molecule has 0 saturated carbocycles. The Morgan fingerprint density at radius 1 is 1.64 bits per heavy atom. The molecule has 1 aliphatic rings. The van der Waals surface area contributed by atoms with Gasteiger partial charge in [0.15, 0.2) is 0 Å². The topological polar surface area (TPSA) is 38.3 Å². The van der Waals surface area contributed by atoms with Crippen molar-refractivity contribution in [3.63, 3.8) is 0 Å². The predicted octanol–water partition coefficient (Wildman–Crippen LogP) is 1.69. The van der Waals surface area contributed by atoms with Crippen LogP contribution >= 0.6 is 11.6 Å². The number of halogens is 1. The normalized spacial score (nSPS) is 27.3. The van der Waals surface area contributed by atoms with Gasteiger partial charge in [-0.25, -0.2) is 0 Å². The maximum Gasteiger partial charge on any atom is 0.220 e. The smallest absolute Gasteiger partial charge is 0.220 e. The van der Waals surface area contributed by atoms with Crippen LogP contribution in [0.15, 0.2) is 0 Å². The zero-order chi connectivity index (χ0) is 10.4. The van der Waals surface area contributed by atoms with E-state index in [1.807, 2.05) is 6.92 Å². The van der Waals surface area contributed by atoms with Gasteiger partial charge in [-0.2, -0.15) is 0 Å². The quantitative estimate of drug-likeness (QED) is 0.731. The average Bonchev–Trinajstić information content (AvgIpc) is 2.15. The van der Waals surface area contributed by atoms with Crippen LogP contribution in [-0.2, 0) is 9.53 Å². The van der Waals surface area contributed by atoms with Crippen molar-refractivity contribution >= 4 is 17.5 Å². The van der Waals surface area contributed by atoms with Crippen molar-refractivity contribution in [2.45, 2.75) is 44.8 Å². The maximum absolute atomic E-state index is 11.4. The first kappa shape index (κ1) is 11.8. The summed E-state index contributed by atoms with van der Waals surface area (Å²) in [6.45, 7) is 2.79. The number of hydrogen-bond acceptors (Lipinski definition) is 2. The van der Waals surface area contributed by atoms with Crippen molar-refractivity contribution in [3.8, 4) is 0 Å². The second-order valence-corrected chi connectivity index (χ2v) is 4.14. The minimum atomic E-state index is 0.116. The van der Waals surface area contributed by atoms with Crippen molar-refractivity contribution in [3.05, 3.63) is 0 Å². The summed E-state index contributed by atoms with van der Waals surface area (Å²) >= 11 is 5.51. The van der Waals surface area contributed by atoms with Crippen LogP contribution in [0, 0.1) is 0 Å². The lowest BCUT2D eigenvalue weighted by atomic mass is 10.0. The molecule has 4 heteroatoms. The second kappa shape index (κ2) is 6.25. The zero-order valence-electron chi connectivity index (χ0n) is 8.59. The van der Waals surface area contributed by atoms with Gasteiger partial charge in [0.1, 0.15) is 0 Å². The molecule has 1 fully saturated rings. The lowest BCUT2D eigenvalue weighted by Gasteiger charge is -2.27. The largest absolute Gasteiger partial charge is 0.378 e. The van der Waals surface area contributed by atoms with E-state index in [0.29, 0.717) is 18.3 Å². The highest BCUT2D eigenvalue weighted by atomic mass is 35.5. The molecule has 2 unspecified atom stereocenters. The van der Waals surface area contributed by atoms with Gasteiger partial charge >= 0.3 is 0 Å². The fourth-order valence-electron chi connectivity index (χ4n) is 1.66. The minimum absolute atomic E-state index is 0.116. The number of rotatable bonds is 4. The van der Waals surface area contributed by atoms with Crippen LogP contribution in [0.2, 0.25) is 0 Å². The molecule has 0 aliphatic carbocycles. The van der Waals surface area contributed by atoms with Crippen LogP contribution in [0.3, 0.4) is 0 Å². The van der Waals surface area contributed by atoms with Crippen LogP contribution in [0.1, 0.15) is 32.6 Å². The third kappa shape index (κ3) is 4.29. The molecule has 0 radical (unpaired) electrons. The third-order valence-electron chi connectivity index (χ3n) is 2.39. The summed E-state index contributed by atoms with van der Waals surface area (Å²) in [5, 5.41) is 3.01. The maximum atomic E-state index is 11.4. The summed E-state index contributed by atoms with van der Waals surface area (Å²) in [6, 6.07) is 0.293. The van der Waals surface area contributed by atoms with E-state index in [2.05, 4.69) is 5.32 Å². The molecule has 1 rings (SSSR count). The Labute approximate surface area is 90.1 Å². The summed E-state index contributed by atoms with van der Waals surface area (Å²) in [7, 11) is 0. The van der Waals surface area contributed by atoms with E-state index < -0.39 is 0 Å². The summed E-state index contributed by atoms with van der Waals surface area (Å²) in [5.74, 6) is 0.669. The van der Waals surface area contributed by atoms with E-state index in [9.17, 15) is 4.79 Å². The average molecular weight is 220 g/mol. The van der Waals surface area contributed by atoms with Gasteiger partial charge in [-0.1, -0.05) is 0 Å². The van der Waals surface area contributed by atoms with E-state index in [1.165, 1.54) is 0 Å². The van der Waals surface area contributed by atoms with Gasteiger partial charge in [0, 0.05) is 24.9 Å². The van der Waals surface area contributed by atoms with Crippen LogP contribution in [-0.4, -0.2) is 30.5 Å². The summed E-state index contributed by atoms with van der Waals surface area (Å²) < 4.78 is 5.40. The van der Waals surface area contributed by atoms with Gasteiger partial charge < -0.3 is 10.1 Å². The molecule has 0 aromatic rings. The first-order valence-electron chi connectivity index (χ1n) is 5.19. The molecule has 3 nitrogen and oxygen atoms in total. The van der Waals surface area contributed by atoms with E-state index in [0.717, 1.165) is 25.9 Å². The predicted molar refractivity (Wildman–Crippen MR) is 56.5 cm³/mol. The van der Waals surface area contributed by atoms with Crippen molar-refractivity contribution in [2.24, 2.45) is 0 Å². The van der Waals surface area contributed by atoms with Crippen LogP contribution in [0.4, 0.5) is 0 Å². The highest BCUT2D eigenvalue weighted by Crippen LogP contribution is 2.13. The lowest BCUT2D eigenvalue weighted by Crippen LogP contribution is -2.41. The van der Waals surface area contributed by atoms with E-state index >= 15 is 0 Å². The first-order valence-corrected chi connectivity index (χ1v) is 5.72. The second-order valence-electron chi connectivity index (χ2n) is 3.76. The number of hydrogen-bond donors (Lipinski definition) is 1. The number of ether oxygens (including phenoxy) is 1. The van der Waals surface area contributed by atoms with Gasteiger partial charge in [0.2, 0.25) is 5.91 Å². The van der Waals surface area contributed by atoms with Gasteiger partial charge in [-0.05, 0) is 26.2 Å². The van der Waals surface area contributed by atoms with Crippen molar-refractivity contribution in [2.75, 3.05) is 12.5 Å². The minimum Gasteiger partial charge on any atom is -0.378 e. The molecule has 14 heavy (non-hydrogen) atoms. The molecule has 2 atom stereocenters. The number of carbonyl (C=O) groups is 1. The van der Waals surface area contributed by atoms with Crippen LogP contribution < -0.4 is 5.32 Å². The van der Waals surface area contributed by atoms with Crippen LogP contribution in [0.25, 0.3) is 0 Å². The molecule has 0 aromatic heterocycles. The SMILES string of the molecule is CC1CC(NC(=O)CCCCl)CCO1. The molecule has 1 aliphatic heterocycles. The van der Waals surface area contributed by atoms with Gasteiger partial charge in [0.25, 0.3) is 0 Å². The summed E-state index contributed by atoms with van der Waals surface area (Å²) in [6.07, 6.45) is 3.41. The molecule has 1 N–H and O–H groups in total. The van der Waals surface area contributed by atoms with Crippen LogP contribution in [0.5, 0.6) is 0 Å². The Morgan fingerprint density at radius 2 is 2.43 bits per heavy atom. The Kier molecular flexibility index (Phi) is 5.26. The molecule has 1 amide bonds. The third-order valence-corrected chi connectivity index (χ3v) is 2.65. The van der Waals surface area contributed by atoms with E-state index in [1.54, 1.807) is 0 Å². The van der Waals surface area contributed by atoms with Crippen molar-refractivity contribution < 1.29 is 9.53 Å². The molecule has 1 heterocycles. The zero-order valence-corrected chi connectivity index (χ0v) is 9.35. The standard InChI is InChI=1S/C10H18ClNO2/c1-8-7-9(4-6-14-8)12-10(13)3-2-5-11/h8-9H,2-7H2,1H3,(H,12,13). The number of amides is 1. The van der Waals surface area contributed by atoms with E-state index in [4.69, 9.17) is 16.3 Å². The molecule has 0 spiro atoms. The van der Waals surface area contributed by atoms with Gasteiger partial charge in [-0.3, -0.25) is 4.79 Å². The summed E-state index contributed by atoms with van der Waals surface area (Å²) in [4.78, 5) is 11.4. The fourth-order valence-corrected chi connectivity index (χ4v) is 1.79. The number of carbonyl (C=O) groups excluding carboxylic acids is 1. The van der Waals surface area contributed by atoms with Crippen molar-refractivity contribution in [1.82, 2.24) is 5.32 Å². The number of alkyl halides is 1. The Hall–Kier alpha value is -0.280. The van der Waals surface area contributed by atoms with E-state index in [-0.39, 0.29) is 12.0 Å². The molecule has 0 bridgehead atoms. The Morgan fingerprint density at radius 3 is 3.07 bits per heavy atom. The molecular weight excluding hydrogens is 202 g/mol. The van der Waals surface area contributed by atoms with Gasteiger partial charge in [-0.15, -0.1) is 11.6 Å². The molecule has 1 saturated heterocycles. The molecule has 0 aromatic carbocycles.